The van der Waals surface area contributed by atoms with Crippen molar-refractivity contribution in [1.82, 2.24) is 4.57 Å². The Kier molecular flexibility index (Phi) is 7.54. The van der Waals surface area contributed by atoms with Gasteiger partial charge in [0.15, 0.2) is 27.8 Å². The van der Waals surface area contributed by atoms with Crippen LogP contribution in [0.15, 0.2) is 82.1 Å². The van der Waals surface area contributed by atoms with Gasteiger partial charge < -0.3 is 23.7 Å². The molecule has 4 aromatic rings. The van der Waals surface area contributed by atoms with E-state index < -0.39 is 12.0 Å². The molecule has 2 aliphatic rings. The number of ether oxygens (including phenoxy) is 5. The normalized spacial score (nSPS) is 15.7. The van der Waals surface area contributed by atoms with E-state index in [1.54, 1.807) is 42.9 Å². The van der Waals surface area contributed by atoms with E-state index in [2.05, 4.69) is 0 Å². The maximum Gasteiger partial charge on any atom is 0.338 e. The molecule has 0 saturated carbocycles. The van der Waals surface area contributed by atoms with E-state index in [9.17, 15) is 9.59 Å². The van der Waals surface area contributed by atoms with Crippen molar-refractivity contribution in [2.24, 2.45) is 4.99 Å². The fraction of sp³-hybridized carbons (Fsp3) is 0.219. The Hall–Kier alpha value is -4.83. The molecule has 1 atom stereocenters. The van der Waals surface area contributed by atoms with Crippen LogP contribution in [0.3, 0.4) is 0 Å². The summed E-state index contributed by atoms with van der Waals surface area (Å²) in [5.74, 6) is 1.77. The molecule has 0 radical (unpaired) electrons. The highest BCUT2D eigenvalue weighted by atomic mass is 32.1. The van der Waals surface area contributed by atoms with Crippen molar-refractivity contribution in [3.05, 3.63) is 109 Å². The number of aromatic nitrogens is 1. The molecular formula is C32H28N2O7S. The Bertz CT molecular complexity index is 1870. The van der Waals surface area contributed by atoms with E-state index in [1.807, 2.05) is 55.5 Å². The number of fused-ring (bicyclic) bond motifs is 2. The first-order valence-corrected chi connectivity index (χ1v) is 14.3. The Labute approximate surface area is 245 Å². The Morgan fingerprint density at radius 1 is 1.02 bits per heavy atom. The van der Waals surface area contributed by atoms with Crippen molar-refractivity contribution in [3.8, 4) is 23.0 Å². The van der Waals surface area contributed by atoms with E-state index in [0.29, 0.717) is 50.2 Å². The zero-order valence-corrected chi connectivity index (χ0v) is 24.1. The predicted octanol–water partition coefficient (Wildman–Crippen LogP) is 4.07. The van der Waals surface area contributed by atoms with Gasteiger partial charge in [-0.05, 0) is 55.3 Å². The van der Waals surface area contributed by atoms with E-state index in [0.717, 1.165) is 11.1 Å². The number of esters is 1. The van der Waals surface area contributed by atoms with E-state index in [-0.39, 0.29) is 24.5 Å². The number of rotatable bonds is 8. The lowest BCUT2D eigenvalue weighted by Crippen LogP contribution is -2.40. The van der Waals surface area contributed by atoms with Crippen LogP contribution in [0.1, 0.15) is 36.6 Å². The summed E-state index contributed by atoms with van der Waals surface area (Å²) in [5.41, 5.74) is 2.60. The van der Waals surface area contributed by atoms with Crippen molar-refractivity contribution in [2.45, 2.75) is 19.9 Å². The molecular weight excluding hydrogens is 556 g/mol. The molecule has 0 aliphatic carbocycles. The average molecular weight is 585 g/mol. The van der Waals surface area contributed by atoms with Gasteiger partial charge in [-0.2, -0.15) is 0 Å². The van der Waals surface area contributed by atoms with Crippen molar-refractivity contribution in [1.29, 1.82) is 0 Å². The maximum absolute atomic E-state index is 14.1. The molecule has 0 spiro atoms. The molecule has 0 saturated heterocycles. The third kappa shape index (κ3) is 4.94. The van der Waals surface area contributed by atoms with Crippen LogP contribution in [0.25, 0.3) is 11.8 Å². The zero-order chi connectivity index (χ0) is 29.2. The van der Waals surface area contributed by atoms with Crippen LogP contribution in [-0.2, 0) is 9.53 Å². The second-order valence-electron chi connectivity index (χ2n) is 9.39. The number of methoxy groups -OCH3 is 1. The second kappa shape index (κ2) is 11.6. The standard InChI is InChI=1S/C32H28N2O7S/c1-4-38-24-15-19(11-13-22(24)37-3)16-26-30(35)34-29(21-12-14-23-25(17-21)41-18-40-23)27(31(36)39-5-2)28(33-32(34)42-26)20-9-7-6-8-10-20/h6-17,29H,4-5,18H2,1-3H3/b26-16-/t29-/m0/s1. The summed E-state index contributed by atoms with van der Waals surface area (Å²) in [5, 5.41) is 0. The topological polar surface area (TPSA) is 97.6 Å². The molecule has 214 valence electrons. The highest BCUT2D eigenvalue weighted by molar-refractivity contribution is 7.07. The van der Waals surface area contributed by atoms with Gasteiger partial charge in [-0.25, -0.2) is 9.79 Å². The van der Waals surface area contributed by atoms with Gasteiger partial charge >= 0.3 is 5.97 Å². The van der Waals surface area contributed by atoms with E-state index in [1.165, 1.54) is 11.3 Å². The summed E-state index contributed by atoms with van der Waals surface area (Å²) < 4.78 is 29.8. The Morgan fingerprint density at radius 2 is 1.83 bits per heavy atom. The molecule has 0 N–H and O–H groups in total. The molecule has 6 rings (SSSR count). The van der Waals surface area contributed by atoms with Crippen LogP contribution in [0, 0.1) is 0 Å². The van der Waals surface area contributed by atoms with Crippen molar-refractivity contribution in [3.63, 3.8) is 0 Å². The fourth-order valence-corrected chi connectivity index (χ4v) is 6.04. The minimum absolute atomic E-state index is 0.100. The quantitative estimate of drug-likeness (QED) is 0.288. The van der Waals surface area contributed by atoms with Crippen LogP contribution in [0.4, 0.5) is 0 Å². The number of nitrogens with zero attached hydrogens (tertiary/aromatic N) is 2. The van der Waals surface area contributed by atoms with E-state index >= 15 is 0 Å². The molecule has 0 bridgehead atoms. The monoisotopic (exact) mass is 584 g/mol. The van der Waals surface area contributed by atoms with Gasteiger partial charge in [0.1, 0.15) is 0 Å². The van der Waals surface area contributed by atoms with Crippen LogP contribution < -0.4 is 33.8 Å². The molecule has 0 unspecified atom stereocenters. The van der Waals surface area contributed by atoms with Gasteiger partial charge in [0.2, 0.25) is 6.79 Å². The summed E-state index contributed by atoms with van der Waals surface area (Å²) in [6, 6.07) is 19.5. The SMILES string of the molecule is CCOC(=O)C1=C(c2ccccc2)N=c2s/c(=C\c3ccc(OC)c(OCC)c3)c(=O)n2[C@H]1c1ccc2c(c1)OCO2. The summed E-state index contributed by atoms with van der Waals surface area (Å²) in [4.78, 5) is 33.1. The Morgan fingerprint density at radius 3 is 2.60 bits per heavy atom. The zero-order valence-electron chi connectivity index (χ0n) is 23.3. The first-order chi connectivity index (χ1) is 20.5. The molecule has 1 aromatic heterocycles. The largest absolute Gasteiger partial charge is 0.493 e. The van der Waals surface area contributed by atoms with Gasteiger partial charge in [-0.15, -0.1) is 0 Å². The summed E-state index contributed by atoms with van der Waals surface area (Å²) in [6.45, 7) is 4.38. The summed E-state index contributed by atoms with van der Waals surface area (Å²) in [7, 11) is 1.58. The van der Waals surface area contributed by atoms with Crippen LogP contribution >= 0.6 is 11.3 Å². The van der Waals surface area contributed by atoms with Crippen LogP contribution in [0.5, 0.6) is 23.0 Å². The lowest BCUT2D eigenvalue weighted by Gasteiger charge is -2.26. The Balaban J connectivity index is 1.60. The number of hydrogen-bond donors (Lipinski definition) is 0. The summed E-state index contributed by atoms with van der Waals surface area (Å²) in [6.07, 6.45) is 1.79. The van der Waals surface area contributed by atoms with Gasteiger partial charge in [-0.1, -0.05) is 53.8 Å². The van der Waals surface area contributed by atoms with Gasteiger partial charge in [-0.3, -0.25) is 9.36 Å². The summed E-state index contributed by atoms with van der Waals surface area (Å²) >= 11 is 1.25. The molecule has 42 heavy (non-hydrogen) atoms. The van der Waals surface area contributed by atoms with Crippen LogP contribution in [0.2, 0.25) is 0 Å². The highest BCUT2D eigenvalue weighted by Gasteiger charge is 2.36. The third-order valence-corrected chi connectivity index (χ3v) is 7.85. The maximum atomic E-state index is 14.1. The molecule has 3 heterocycles. The number of carbonyl (C=O) groups is 1. The first kappa shape index (κ1) is 27.3. The fourth-order valence-electron chi connectivity index (χ4n) is 5.04. The van der Waals surface area contributed by atoms with Gasteiger partial charge in [0, 0.05) is 5.56 Å². The second-order valence-corrected chi connectivity index (χ2v) is 10.4. The highest BCUT2D eigenvalue weighted by Crippen LogP contribution is 2.40. The molecule has 10 heteroatoms. The minimum atomic E-state index is -0.818. The van der Waals surface area contributed by atoms with Crippen molar-refractivity contribution >= 4 is 29.1 Å². The molecule has 0 fully saturated rings. The van der Waals surface area contributed by atoms with Crippen molar-refractivity contribution in [2.75, 3.05) is 27.1 Å². The molecule has 0 amide bonds. The number of benzene rings is 3. The lowest BCUT2D eigenvalue weighted by molar-refractivity contribution is -0.138. The number of carbonyl (C=O) groups excluding carboxylic acids is 1. The molecule has 3 aromatic carbocycles. The number of thiazole rings is 1. The van der Waals surface area contributed by atoms with Crippen molar-refractivity contribution < 1.29 is 28.5 Å². The predicted molar refractivity (Wildman–Crippen MR) is 158 cm³/mol. The van der Waals surface area contributed by atoms with E-state index in [4.69, 9.17) is 28.7 Å². The van der Waals surface area contributed by atoms with Crippen LogP contribution in [-0.4, -0.2) is 37.7 Å². The smallest absolute Gasteiger partial charge is 0.338 e. The minimum Gasteiger partial charge on any atom is -0.493 e. The molecule has 2 aliphatic heterocycles. The average Bonchev–Trinajstić information content (AvgIpc) is 3.60. The number of hydrogen-bond acceptors (Lipinski definition) is 9. The lowest BCUT2D eigenvalue weighted by atomic mass is 9.93. The van der Waals surface area contributed by atoms with Gasteiger partial charge in [0.05, 0.1) is 42.2 Å². The molecule has 9 nitrogen and oxygen atoms in total. The first-order valence-electron chi connectivity index (χ1n) is 13.5. The third-order valence-electron chi connectivity index (χ3n) is 6.87. The van der Waals surface area contributed by atoms with Gasteiger partial charge in [0.25, 0.3) is 5.56 Å².